The molecule has 110 valence electrons. The lowest BCUT2D eigenvalue weighted by molar-refractivity contribution is -0.116. The molecule has 4 N–H and O–H groups in total. The lowest BCUT2D eigenvalue weighted by atomic mass is 10.0. The van der Waals surface area contributed by atoms with E-state index in [1.165, 1.54) is 6.08 Å². The highest BCUT2D eigenvalue weighted by Crippen LogP contribution is 2.10. The fourth-order valence-corrected chi connectivity index (χ4v) is 2.08. The maximum atomic E-state index is 11.7. The summed E-state index contributed by atoms with van der Waals surface area (Å²) < 4.78 is 0. The molecule has 0 aliphatic heterocycles. The van der Waals surface area contributed by atoms with Crippen LogP contribution in [0.3, 0.4) is 0 Å². The summed E-state index contributed by atoms with van der Waals surface area (Å²) in [5.41, 5.74) is 7.25. The molecule has 0 aromatic heterocycles. The molecule has 4 nitrogen and oxygen atoms in total. The molecule has 0 spiro atoms. The Morgan fingerprint density at radius 3 is 2.90 bits per heavy atom. The summed E-state index contributed by atoms with van der Waals surface area (Å²) in [6.07, 6.45) is 6.05. The summed E-state index contributed by atoms with van der Waals surface area (Å²) in [5.74, 6) is 0.223. The van der Waals surface area contributed by atoms with Crippen LogP contribution in [0.15, 0.2) is 30.3 Å². The van der Waals surface area contributed by atoms with Gasteiger partial charge in [0.05, 0.1) is 0 Å². The van der Waals surface area contributed by atoms with E-state index in [2.05, 4.69) is 12.2 Å². The molecule has 0 saturated heterocycles. The van der Waals surface area contributed by atoms with Crippen LogP contribution in [0.2, 0.25) is 0 Å². The first-order valence-corrected chi connectivity index (χ1v) is 7.08. The molecule has 0 aliphatic carbocycles. The van der Waals surface area contributed by atoms with Gasteiger partial charge in [0.1, 0.15) is 0 Å². The van der Waals surface area contributed by atoms with Crippen LogP contribution in [0.5, 0.6) is 0 Å². The largest absolute Gasteiger partial charge is 0.399 e. The van der Waals surface area contributed by atoms with Crippen molar-refractivity contribution < 1.29 is 9.90 Å². The number of aliphatic hydroxyl groups excluding tert-OH is 1. The molecular formula is C16H24N2O2. The standard InChI is InChI=1S/C16H24N2O2/c1-2-4-14(9-10-19)12-18-16(20)8-7-13-5-3-6-15(17)11-13/h3,5-8,11,14,19H,2,4,9-10,12,17H2,1H3,(H,18,20)/b8-7+. The lowest BCUT2D eigenvalue weighted by Crippen LogP contribution is -2.28. The summed E-state index contributed by atoms with van der Waals surface area (Å²) in [4.78, 5) is 11.7. The number of anilines is 1. The second kappa shape index (κ2) is 9.15. The van der Waals surface area contributed by atoms with Crippen LogP contribution < -0.4 is 11.1 Å². The molecule has 0 fully saturated rings. The smallest absolute Gasteiger partial charge is 0.244 e. The van der Waals surface area contributed by atoms with Gasteiger partial charge in [-0.2, -0.15) is 0 Å². The molecule has 1 rings (SSSR count). The first-order chi connectivity index (χ1) is 9.65. The molecule has 1 aromatic rings. The van der Waals surface area contributed by atoms with E-state index in [-0.39, 0.29) is 12.5 Å². The Morgan fingerprint density at radius 1 is 1.45 bits per heavy atom. The molecule has 0 radical (unpaired) electrons. The van der Waals surface area contributed by atoms with Gasteiger partial charge >= 0.3 is 0 Å². The zero-order valence-electron chi connectivity index (χ0n) is 12.0. The first kappa shape index (κ1) is 16.2. The van der Waals surface area contributed by atoms with Gasteiger partial charge in [0.15, 0.2) is 0 Å². The van der Waals surface area contributed by atoms with Crippen molar-refractivity contribution in [2.45, 2.75) is 26.2 Å². The Kier molecular flexibility index (Phi) is 7.43. The Balaban J connectivity index is 2.42. The zero-order chi connectivity index (χ0) is 14.8. The van der Waals surface area contributed by atoms with Gasteiger partial charge in [0.25, 0.3) is 0 Å². The van der Waals surface area contributed by atoms with Gasteiger partial charge in [-0.25, -0.2) is 0 Å². The van der Waals surface area contributed by atoms with Crippen LogP contribution in [0.4, 0.5) is 5.69 Å². The number of rotatable bonds is 8. The molecule has 20 heavy (non-hydrogen) atoms. The fraction of sp³-hybridized carbons (Fsp3) is 0.438. The van der Waals surface area contributed by atoms with Crippen molar-refractivity contribution in [3.05, 3.63) is 35.9 Å². The van der Waals surface area contributed by atoms with Crippen molar-refractivity contribution in [3.8, 4) is 0 Å². The molecule has 0 aliphatic rings. The minimum Gasteiger partial charge on any atom is -0.399 e. The van der Waals surface area contributed by atoms with E-state index in [0.717, 1.165) is 24.8 Å². The van der Waals surface area contributed by atoms with Crippen LogP contribution in [-0.2, 0) is 4.79 Å². The predicted molar refractivity (Wildman–Crippen MR) is 83.0 cm³/mol. The quantitative estimate of drug-likeness (QED) is 0.503. The number of carbonyl (C=O) groups is 1. The van der Waals surface area contributed by atoms with Gasteiger partial charge in [-0.15, -0.1) is 0 Å². The normalized spacial score (nSPS) is 12.5. The third-order valence-electron chi connectivity index (χ3n) is 3.14. The molecule has 1 amide bonds. The van der Waals surface area contributed by atoms with Crippen molar-refractivity contribution in [1.29, 1.82) is 0 Å². The average Bonchev–Trinajstić information content (AvgIpc) is 2.43. The van der Waals surface area contributed by atoms with Gasteiger partial charge in [-0.3, -0.25) is 4.79 Å². The highest BCUT2D eigenvalue weighted by molar-refractivity contribution is 5.91. The SMILES string of the molecule is CCCC(CCO)CNC(=O)/C=C/c1cccc(N)c1. The van der Waals surface area contributed by atoms with E-state index in [0.29, 0.717) is 18.2 Å². The van der Waals surface area contributed by atoms with Crippen molar-refractivity contribution >= 4 is 17.7 Å². The van der Waals surface area contributed by atoms with Crippen LogP contribution >= 0.6 is 0 Å². The molecule has 1 atom stereocenters. The summed E-state index contributed by atoms with van der Waals surface area (Å²) in [6, 6.07) is 7.37. The van der Waals surface area contributed by atoms with Gasteiger partial charge < -0.3 is 16.2 Å². The van der Waals surface area contributed by atoms with Crippen molar-refractivity contribution in [2.75, 3.05) is 18.9 Å². The predicted octanol–water partition coefficient (Wildman–Crippen LogP) is 2.20. The van der Waals surface area contributed by atoms with Crippen LogP contribution in [0, 0.1) is 5.92 Å². The van der Waals surface area contributed by atoms with Gasteiger partial charge in [0.2, 0.25) is 5.91 Å². The Labute approximate surface area is 120 Å². The van der Waals surface area contributed by atoms with Crippen LogP contribution in [0.25, 0.3) is 6.08 Å². The molecule has 1 aromatic carbocycles. The summed E-state index contributed by atoms with van der Waals surface area (Å²) in [5, 5.41) is 11.8. The van der Waals surface area contributed by atoms with Gasteiger partial charge in [-0.05, 0) is 42.5 Å². The van der Waals surface area contributed by atoms with Gasteiger partial charge in [-0.1, -0.05) is 25.5 Å². The zero-order valence-corrected chi connectivity index (χ0v) is 12.0. The average molecular weight is 276 g/mol. The molecule has 0 saturated carbocycles. The maximum Gasteiger partial charge on any atom is 0.244 e. The number of nitrogen functional groups attached to an aromatic ring is 1. The summed E-state index contributed by atoms with van der Waals surface area (Å²) in [7, 11) is 0. The number of nitrogens with one attached hydrogen (secondary N) is 1. The number of carbonyl (C=O) groups excluding carboxylic acids is 1. The molecular weight excluding hydrogens is 252 g/mol. The molecule has 1 unspecified atom stereocenters. The topological polar surface area (TPSA) is 75.3 Å². The highest BCUT2D eigenvalue weighted by Gasteiger charge is 2.07. The Bertz CT molecular complexity index is 438. The molecule has 0 heterocycles. The minimum absolute atomic E-state index is 0.119. The summed E-state index contributed by atoms with van der Waals surface area (Å²) in [6.45, 7) is 2.88. The fourth-order valence-electron chi connectivity index (χ4n) is 2.08. The number of amides is 1. The van der Waals surface area contributed by atoms with E-state index in [1.807, 2.05) is 24.3 Å². The van der Waals surface area contributed by atoms with Crippen LogP contribution in [0.1, 0.15) is 31.7 Å². The van der Waals surface area contributed by atoms with E-state index in [9.17, 15) is 4.79 Å². The van der Waals surface area contributed by atoms with Gasteiger partial charge in [0, 0.05) is 24.9 Å². The number of hydrogen-bond donors (Lipinski definition) is 3. The molecule has 0 bridgehead atoms. The number of aliphatic hydroxyl groups is 1. The summed E-state index contributed by atoms with van der Waals surface area (Å²) >= 11 is 0. The monoisotopic (exact) mass is 276 g/mol. The highest BCUT2D eigenvalue weighted by atomic mass is 16.3. The Hall–Kier alpha value is -1.81. The second-order valence-corrected chi connectivity index (χ2v) is 4.92. The number of benzene rings is 1. The van der Waals surface area contributed by atoms with E-state index >= 15 is 0 Å². The maximum absolute atomic E-state index is 11.7. The third-order valence-corrected chi connectivity index (χ3v) is 3.14. The minimum atomic E-state index is -0.119. The van der Waals surface area contributed by atoms with E-state index in [1.54, 1.807) is 6.08 Å². The van der Waals surface area contributed by atoms with Crippen molar-refractivity contribution in [2.24, 2.45) is 5.92 Å². The van der Waals surface area contributed by atoms with Crippen LogP contribution in [-0.4, -0.2) is 24.2 Å². The lowest BCUT2D eigenvalue weighted by Gasteiger charge is -2.14. The van der Waals surface area contributed by atoms with E-state index < -0.39 is 0 Å². The molecule has 4 heteroatoms. The second-order valence-electron chi connectivity index (χ2n) is 4.92. The Morgan fingerprint density at radius 2 is 2.25 bits per heavy atom. The van der Waals surface area contributed by atoms with Crippen molar-refractivity contribution in [1.82, 2.24) is 5.32 Å². The number of hydrogen-bond acceptors (Lipinski definition) is 3. The first-order valence-electron chi connectivity index (χ1n) is 7.08. The van der Waals surface area contributed by atoms with E-state index in [4.69, 9.17) is 10.8 Å². The number of nitrogens with two attached hydrogens (primary N) is 1. The third kappa shape index (κ3) is 6.38. The van der Waals surface area contributed by atoms with Crippen molar-refractivity contribution in [3.63, 3.8) is 0 Å².